The zero-order valence-electron chi connectivity index (χ0n) is 31.6. The lowest BCUT2D eigenvalue weighted by Crippen LogP contribution is -2.39. The molecule has 0 N–H and O–H groups in total. The molecule has 0 atom stereocenters. The van der Waals surface area contributed by atoms with Crippen molar-refractivity contribution in [3.63, 3.8) is 0 Å². The summed E-state index contributed by atoms with van der Waals surface area (Å²) in [5, 5.41) is 1.82. The first-order valence-electron chi connectivity index (χ1n) is 15.8. The van der Waals surface area contributed by atoms with Crippen molar-refractivity contribution in [1.82, 2.24) is 5.06 Å². The summed E-state index contributed by atoms with van der Waals surface area (Å²) in [5.74, 6) is -0.599. The van der Waals surface area contributed by atoms with E-state index >= 15 is 0 Å². The number of nitrogens with zero attached hydrogens (tertiary/aromatic N) is 1. The maximum atomic E-state index is 12.3. The maximum absolute atomic E-state index is 12.3. The van der Waals surface area contributed by atoms with E-state index in [0.717, 1.165) is 21.5 Å². The number of rotatable bonds is 5. The van der Waals surface area contributed by atoms with Crippen molar-refractivity contribution >= 4 is 40.3 Å². The van der Waals surface area contributed by atoms with E-state index in [1.54, 1.807) is 83.1 Å². The molecule has 0 saturated carbocycles. The molecule has 0 aromatic heterocycles. The monoisotopic (exact) mass is 753 g/mol. The lowest BCUT2D eigenvalue weighted by molar-refractivity contribution is -0.159. The van der Waals surface area contributed by atoms with E-state index in [1.807, 2.05) is 31.2 Å². The smallest absolute Gasteiger partial charge is 0.457 e. The van der Waals surface area contributed by atoms with Gasteiger partial charge in [-0.25, -0.2) is 19.2 Å². The van der Waals surface area contributed by atoms with Gasteiger partial charge in [0.05, 0.1) is 6.54 Å². The number of halogens is 1. The summed E-state index contributed by atoms with van der Waals surface area (Å²) in [6.45, 7) is 24.4. The zero-order chi connectivity index (χ0) is 38.2. The molecular weight excluding hydrogens is 698 g/mol. The Morgan fingerprint density at radius 1 is 0.571 bits per heavy atom. The van der Waals surface area contributed by atoms with Crippen LogP contribution in [-0.4, -0.2) is 58.4 Å². The second kappa shape index (κ2) is 20.0. The third-order valence-electron chi connectivity index (χ3n) is 5.01. The number of alkyl halides is 1. The lowest BCUT2D eigenvalue weighted by Gasteiger charge is -2.27. The summed E-state index contributed by atoms with van der Waals surface area (Å²) >= 11 is 3.38. The first kappa shape index (κ1) is 45.2. The van der Waals surface area contributed by atoms with Crippen LogP contribution in [0.15, 0.2) is 48.5 Å². The van der Waals surface area contributed by atoms with E-state index in [9.17, 15) is 19.2 Å². The molecule has 12 heteroatoms. The molecule has 49 heavy (non-hydrogen) atoms. The molecule has 11 nitrogen and oxygen atoms in total. The van der Waals surface area contributed by atoms with Gasteiger partial charge >= 0.3 is 24.4 Å². The standard InChI is InChI=1S/C18H27NO5.C11H20O5.C8H9Br/c1-13-8-10-14(11-9-13)12-19(15(20)22-17(2,3)4)24-16(21)23-18(5,6)7;1-10(2,3)15-8(12)7-14-9(13)16-11(4,5)6;1-7-2-4-8(6-9)5-3-7/h8-11H,12H2,1-7H3;7H2,1-6H3;2-5H,6H2,1H3. The number of hydroxylamine groups is 2. The predicted octanol–water partition coefficient (Wildman–Crippen LogP) is 9.77. The van der Waals surface area contributed by atoms with Gasteiger partial charge in [0.2, 0.25) is 0 Å². The van der Waals surface area contributed by atoms with Crippen molar-refractivity contribution in [2.75, 3.05) is 6.61 Å². The van der Waals surface area contributed by atoms with Crippen molar-refractivity contribution < 1.29 is 47.7 Å². The topological polar surface area (TPSA) is 127 Å². The second-order valence-electron chi connectivity index (χ2n) is 15.0. The summed E-state index contributed by atoms with van der Waals surface area (Å²) in [6, 6.07) is 16.0. The minimum absolute atomic E-state index is 0.0639. The minimum atomic E-state index is -0.958. The molecule has 0 saturated heterocycles. The number of carbonyl (C=O) groups excluding carboxylic acids is 4. The molecule has 0 spiro atoms. The van der Waals surface area contributed by atoms with Gasteiger partial charge in [0.25, 0.3) is 0 Å². The third-order valence-corrected chi connectivity index (χ3v) is 5.66. The summed E-state index contributed by atoms with van der Waals surface area (Å²) < 4.78 is 24.8. The Bertz CT molecular complexity index is 1290. The van der Waals surface area contributed by atoms with E-state index in [4.69, 9.17) is 23.8 Å². The number of hydrogen-bond acceptors (Lipinski definition) is 10. The van der Waals surface area contributed by atoms with Gasteiger partial charge in [-0.15, -0.1) is 5.06 Å². The fourth-order valence-electron chi connectivity index (χ4n) is 3.11. The van der Waals surface area contributed by atoms with E-state index in [2.05, 4.69) is 51.9 Å². The number of benzene rings is 2. The summed E-state index contributed by atoms with van der Waals surface area (Å²) in [4.78, 5) is 51.5. The SMILES string of the molecule is CC(C)(C)OC(=O)COC(=O)OC(C)(C)C.Cc1ccc(CBr)cc1.Cc1ccc(CN(OC(=O)OC(C)(C)C)C(=O)OC(C)(C)C)cc1. The fourth-order valence-corrected chi connectivity index (χ4v) is 3.48. The van der Waals surface area contributed by atoms with Crippen LogP contribution in [0, 0.1) is 13.8 Å². The number of esters is 1. The van der Waals surface area contributed by atoms with Crippen LogP contribution in [0.25, 0.3) is 0 Å². The highest BCUT2D eigenvalue weighted by molar-refractivity contribution is 9.08. The predicted molar refractivity (Wildman–Crippen MR) is 192 cm³/mol. The molecule has 276 valence electrons. The highest BCUT2D eigenvalue weighted by atomic mass is 79.9. The molecule has 2 aromatic carbocycles. The summed E-state index contributed by atoms with van der Waals surface area (Å²) in [6.07, 6.45) is -2.59. The van der Waals surface area contributed by atoms with Crippen molar-refractivity contribution in [2.24, 2.45) is 0 Å². The largest absolute Gasteiger partial charge is 0.534 e. The Kier molecular flexibility index (Phi) is 18.5. The van der Waals surface area contributed by atoms with Gasteiger partial charge < -0.3 is 23.7 Å². The Morgan fingerprint density at radius 3 is 1.35 bits per heavy atom. The van der Waals surface area contributed by atoms with Crippen LogP contribution in [0.4, 0.5) is 14.4 Å². The van der Waals surface area contributed by atoms with Crippen LogP contribution in [0.2, 0.25) is 0 Å². The average molecular weight is 755 g/mol. The van der Waals surface area contributed by atoms with Crippen LogP contribution in [0.5, 0.6) is 0 Å². The van der Waals surface area contributed by atoms with Crippen molar-refractivity contribution in [1.29, 1.82) is 0 Å². The Balaban J connectivity index is 0.000000787. The van der Waals surface area contributed by atoms with Gasteiger partial charge in [-0.3, -0.25) is 4.84 Å². The van der Waals surface area contributed by atoms with Crippen LogP contribution in [-0.2, 0) is 45.2 Å². The Labute approximate surface area is 301 Å². The number of hydrogen-bond donors (Lipinski definition) is 0. The zero-order valence-corrected chi connectivity index (χ0v) is 33.2. The van der Waals surface area contributed by atoms with Crippen molar-refractivity contribution in [3.8, 4) is 0 Å². The van der Waals surface area contributed by atoms with Crippen LogP contribution in [0.3, 0.4) is 0 Å². The van der Waals surface area contributed by atoms with E-state index < -0.39 is 53.4 Å². The summed E-state index contributed by atoms with van der Waals surface area (Å²) in [7, 11) is 0. The number of carbonyl (C=O) groups is 4. The maximum Gasteiger partial charge on any atom is 0.534 e. The normalized spacial score (nSPS) is 11.3. The van der Waals surface area contributed by atoms with Gasteiger partial charge in [-0.2, -0.15) is 0 Å². The molecule has 0 aliphatic heterocycles. The highest BCUT2D eigenvalue weighted by Crippen LogP contribution is 2.16. The first-order chi connectivity index (χ1) is 22.2. The molecule has 0 heterocycles. The fraction of sp³-hybridized carbons (Fsp3) is 0.568. The Hall–Kier alpha value is -3.80. The van der Waals surface area contributed by atoms with Gasteiger partial charge in [0.15, 0.2) is 6.61 Å². The number of ether oxygens (including phenoxy) is 5. The van der Waals surface area contributed by atoms with E-state index in [-0.39, 0.29) is 6.54 Å². The Morgan fingerprint density at radius 2 is 0.959 bits per heavy atom. The van der Waals surface area contributed by atoms with Gasteiger partial charge in [-0.1, -0.05) is 75.6 Å². The highest BCUT2D eigenvalue weighted by Gasteiger charge is 2.28. The molecular formula is C37H56BrNO10. The molecule has 0 aliphatic carbocycles. The molecule has 0 unspecified atom stereocenters. The molecule has 0 bridgehead atoms. The molecule has 0 radical (unpaired) electrons. The van der Waals surface area contributed by atoms with E-state index in [1.165, 1.54) is 11.1 Å². The van der Waals surface area contributed by atoms with Crippen LogP contribution < -0.4 is 0 Å². The minimum Gasteiger partial charge on any atom is -0.457 e. The quantitative estimate of drug-likeness (QED) is 0.126. The first-order valence-corrected chi connectivity index (χ1v) is 17.0. The molecule has 0 fully saturated rings. The van der Waals surface area contributed by atoms with Crippen molar-refractivity contribution in [2.45, 2.75) is 131 Å². The molecule has 2 aromatic rings. The van der Waals surface area contributed by atoms with Crippen LogP contribution in [0.1, 0.15) is 105 Å². The molecule has 1 amide bonds. The summed E-state index contributed by atoms with van der Waals surface area (Å²) in [5.41, 5.74) is 1.89. The van der Waals surface area contributed by atoms with Crippen LogP contribution >= 0.6 is 15.9 Å². The van der Waals surface area contributed by atoms with Gasteiger partial charge in [0.1, 0.15) is 22.4 Å². The molecule has 0 aliphatic rings. The van der Waals surface area contributed by atoms with Gasteiger partial charge in [0, 0.05) is 5.33 Å². The number of aryl methyl sites for hydroxylation is 2. The van der Waals surface area contributed by atoms with E-state index in [0.29, 0.717) is 0 Å². The average Bonchev–Trinajstić information content (AvgIpc) is 2.90. The number of amides is 1. The molecule has 2 rings (SSSR count). The van der Waals surface area contributed by atoms with Crippen molar-refractivity contribution in [3.05, 3.63) is 70.8 Å². The lowest BCUT2D eigenvalue weighted by atomic mass is 10.1. The third kappa shape index (κ3) is 25.8. The van der Waals surface area contributed by atoms with Gasteiger partial charge in [-0.05, 0) is 108 Å². The second-order valence-corrected chi connectivity index (χ2v) is 15.6.